The molecule has 0 aromatic heterocycles. The Hall–Kier alpha value is -0.120. The molecule has 0 saturated carbocycles. The smallest absolute Gasteiger partial charge is 0.0701 e. The van der Waals surface area contributed by atoms with Crippen LogP contribution in [-0.4, -0.2) is 33.0 Å². The average molecular weight is 205 g/mol. The minimum Gasteiger partial charge on any atom is -0.379 e. The monoisotopic (exact) mass is 205 g/mol. The minimum absolute atomic E-state index is 0.592. The van der Waals surface area contributed by atoms with Crippen molar-refractivity contribution in [3.8, 4) is 0 Å². The first-order valence-corrected chi connectivity index (χ1v) is 5.68. The van der Waals surface area contributed by atoms with Crippen molar-refractivity contribution in [1.29, 1.82) is 0 Å². The number of hydrogen-bond acceptors (Lipinski definition) is 3. The summed E-state index contributed by atoms with van der Waals surface area (Å²) in [5.41, 5.74) is 5.23. The van der Waals surface area contributed by atoms with Crippen molar-refractivity contribution in [2.24, 2.45) is 5.73 Å². The molecule has 88 valence electrons. The standard InChI is InChI=1S/C8H19NO2.C3H8/c1-2-3-5-10-7-8-11-6-4-9;1-3-2/h2-9H2,1H3;3H2,1-2H3. The molecular weight excluding hydrogens is 178 g/mol. The number of hydrogen-bond donors (Lipinski definition) is 1. The van der Waals surface area contributed by atoms with Crippen molar-refractivity contribution in [3.05, 3.63) is 0 Å². The third kappa shape index (κ3) is 22.6. The summed E-state index contributed by atoms with van der Waals surface area (Å²) >= 11 is 0. The molecule has 0 bridgehead atoms. The molecule has 0 aliphatic carbocycles. The maximum absolute atomic E-state index is 5.25. The minimum atomic E-state index is 0.592. The van der Waals surface area contributed by atoms with E-state index in [9.17, 15) is 0 Å². The number of unbranched alkanes of at least 4 members (excludes halogenated alkanes) is 1. The fourth-order valence-electron chi connectivity index (χ4n) is 0.652. The lowest BCUT2D eigenvalue weighted by Crippen LogP contribution is -2.12. The summed E-state index contributed by atoms with van der Waals surface area (Å²) in [6.45, 7) is 9.84. The zero-order chi connectivity index (χ0) is 11.1. The van der Waals surface area contributed by atoms with E-state index in [1.165, 1.54) is 12.8 Å². The highest BCUT2D eigenvalue weighted by atomic mass is 16.5. The van der Waals surface area contributed by atoms with E-state index in [0.29, 0.717) is 26.4 Å². The van der Waals surface area contributed by atoms with Gasteiger partial charge in [-0.2, -0.15) is 0 Å². The van der Waals surface area contributed by atoms with Crippen LogP contribution in [0.3, 0.4) is 0 Å². The van der Waals surface area contributed by atoms with Crippen LogP contribution >= 0.6 is 0 Å². The Morgan fingerprint density at radius 2 is 1.36 bits per heavy atom. The second-order valence-corrected chi connectivity index (χ2v) is 3.07. The molecule has 0 fully saturated rings. The quantitative estimate of drug-likeness (QED) is 0.618. The van der Waals surface area contributed by atoms with Crippen LogP contribution in [0, 0.1) is 0 Å². The molecule has 0 aromatic carbocycles. The van der Waals surface area contributed by atoms with Gasteiger partial charge in [0.1, 0.15) is 0 Å². The maximum Gasteiger partial charge on any atom is 0.0701 e. The summed E-state index contributed by atoms with van der Waals surface area (Å²) in [5.74, 6) is 0. The van der Waals surface area contributed by atoms with Gasteiger partial charge in [-0.05, 0) is 6.42 Å². The molecule has 3 nitrogen and oxygen atoms in total. The molecule has 0 amide bonds. The number of rotatable bonds is 8. The largest absolute Gasteiger partial charge is 0.379 e. The van der Waals surface area contributed by atoms with Crippen LogP contribution in [0.2, 0.25) is 0 Å². The summed E-state index contributed by atoms with van der Waals surface area (Å²) in [6.07, 6.45) is 3.57. The molecule has 0 radical (unpaired) electrons. The fraction of sp³-hybridized carbons (Fsp3) is 1.00. The summed E-state index contributed by atoms with van der Waals surface area (Å²) in [6, 6.07) is 0. The molecule has 0 rings (SSSR count). The molecule has 3 heteroatoms. The van der Waals surface area contributed by atoms with Crippen LogP contribution in [-0.2, 0) is 9.47 Å². The average Bonchev–Trinajstić information content (AvgIpc) is 2.18. The van der Waals surface area contributed by atoms with Gasteiger partial charge in [0.05, 0.1) is 19.8 Å². The summed E-state index contributed by atoms with van der Waals surface area (Å²) in [5, 5.41) is 0. The van der Waals surface area contributed by atoms with Crippen LogP contribution in [0.5, 0.6) is 0 Å². The topological polar surface area (TPSA) is 44.5 Å². The molecule has 0 unspecified atom stereocenters. The molecular formula is C11H27NO2. The number of nitrogens with two attached hydrogens (primary N) is 1. The molecule has 14 heavy (non-hydrogen) atoms. The Morgan fingerprint density at radius 3 is 1.79 bits per heavy atom. The van der Waals surface area contributed by atoms with Gasteiger partial charge in [0.25, 0.3) is 0 Å². The Bertz CT molecular complexity index is 71.7. The van der Waals surface area contributed by atoms with Crippen LogP contribution < -0.4 is 5.73 Å². The second-order valence-electron chi connectivity index (χ2n) is 3.07. The molecule has 0 aliphatic heterocycles. The Morgan fingerprint density at radius 1 is 0.857 bits per heavy atom. The Kier molecular flexibility index (Phi) is 21.7. The highest BCUT2D eigenvalue weighted by Gasteiger charge is 1.87. The maximum atomic E-state index is 5.25. The molecule has 0 atom stereocenters. The highest BCUT2D eigenvalue weighted by Crippen LogP contribution is 1.87. The predicted octanol–water partition coefficient (Wildman–Crippen LogP) is 2.19. The van der Waals surface area contributed by atoms with Crippen molar-refractivity contribution < 1.29 is 9.47 Å². The van der Waals surface area contributed by atoms with E-state index in [1.807, 2.05) is 0 Å². The third-order valence-corrected chi connectivity index (χ3v) is 1.28. The van der Waals surface area contributed by atoms with Gasteiger partial charge in [0.15, 0.2) is 0 Å². The third-order valence-electron chi connectivity index (χ3n) is 1.28. The van der Waals surface area contributed by atoms with Gasteiger partial charge in [0, 0.05) is 13.2 Å². The van der Waals surface area contributed by atoms with Crippen LogP contribution in [0.15, 0.2) is 0 Å². The van der Waals surface area contributed by atoms with E-state index in [4.69, 9.17) is 15.2 Å². The summed E-state index contributed by atoms with van der Waals surface area (Å²) < 4.78 is 10.4. The van der Waals surface area contributed by atoms with Gasteiger partial charge < -0.3 is 15.2 Å². The zero-order valence-electron chi connectivity index (χ0n) is 10.1. The van der Waals surface area contributed by atoms with E-state index >= 15 is 0 Å². The predicted molar refractivity (Wildman–Crippen MR) is 61.6 cm³/mol. The van der Waals surface area contributed by atoms with E-state index in [1.54, 1.807) is 0 Å². The molecule has 2 N–H and O–H groups in total. The van der Waals surface area contributed by atoms with E-state index in [0.717, 1.165) is 13.0 Å². The van der Waals surface area contributed by atoms with E-state index in [-0.39, 0.29) is 0 Å². The second kappa shape index (κ2) is 18.6. The van der Waals surface area contributed by atoms with Crippen molar-refractivity contribution >= 4 is 0 Å². The van der Waals surface area contributed by atoms with E-state index < -0.39 is 0 Å². The molecule has 0 aliphatic rings. The van der Waals surface area contributed by atoms with Crippen molar-refractivity contribution in [1.82, 2.24) is 0 Å². The lowest BCUT2D eigenvalue weighted by molar-refractivity contribution is 0.0497. The Labute approximate surface area is 89.0 Å². The first-order valence-electron chi connectivity index (χ1n) is 5.68. The first kappa shape index (κ1) is 16.3. The number of ether oxygens (including phenoxy) is 2. The first-order chi connectivity index (χ1) is 6.83. The van der Waals surface area contributed by atoms with Crippen LogP contribution in [0.4, 0.5) is 0 Å². The van der Waals surface area contributed by atoms with Gasteiger partial charge in [-0.1, -0.05) is 33.6 Å². The molecule has 0 aromatic rings. The van der Waals surface area contributed by atoms with Crippen molar-refractivity contribution in [2.45, 2.75) is 40.0 Å². The molecule has 0 spiro atoms. The normalized spacial score (nSPS) is 9.43. The fourth-order valence-corrected chi connectivity index (χ4v) is 0.652. The van der Waals surface area contributed by atoms with E-state index in [2.05, 4.69) is 20.8 Å². The summed E-state index contributed by atoms with van der Waals surface area (Å²) in [7, 11) is 0. The van der Waals surface area contributed by atoms with Gasteiger partial charge >= 0.3 is 0 Å². The molecule has 0 heterocycles. The molecule has 0 saturated heterocycles. The van der Waals surface area contributed by atoms with Crippen molar-refractivity contribution in [3.63, 3.8) is 0 Å². The Balaban J connectivity index is 0. The van der Waals surface area contributed by atoms with Gasteiger partial charge in [-0.3, -0.25) is 0 Å². The highest BCUT2D eigenvalue weighted by molar-refractivity contribution is 4.34. The van der Waals surface area contributed by atoms with Gasteiger partial charge in [-0.25, -0.2) is 0 Å². The SMILES string of the molecule is CCC.CCCCOCCOCCN. The van der Waals surface area contributed by atoms with Crippen molar-refractivity contribution in [2.75, 3.05) is 33.0 Å². The zero-order valence-corrected chi connectivity index (χ0v) is 10.1. The lowest BCUT2D eigenvalue weighted by atomic mass is 10.4. The van der Waals surface area contributed by atoms with Gasteiger partial charge in [-0.15, -0.1) is 0 Å². The van der Waals surface area contributed by atoms with Crippen LogP contribution in [0.1, 0.15) is 40.0 Å². The summed E-state index contributed by atoms with van der Waals surface area (Å²) in [4.78, 5) is 0. The lowest BCUT2D eigenvalue weighted by Gasteiger charge is -2.03. The van der Waals surface area contributed by atoms with Crippen LogP contribution in [0.25, 0.3) is 0 Å². The van der Waals surface area contributed by atoms with Gasteiger partial charge in [0.2, 0.25) is 0 Å².